The van der Waals surface area contributed by atoms with Gasteiger partial charge in [-0.3, -0.25) is 0 Å². The summed E-state index contributed by atoms with van der Waals surface area (Å²) < 4.78 is 8.40. The first-order valence-corrected chi connectivity index (χ1v) is 7.60. The Balaban J connectivity index is 2.06. The Kier molecular flexibility index (Phi) is 3.60. The van der Waals surface area contributed by atoms with Crippen LogP contribution in [0.2, 0.25) is 0 Å². The van der Waals surface area contributed by atoms with Gasteiger partial charge < -0.3 is 19.9 Å². The number of imidazole rings is 1. The zero-order valence-electron chi connectivity index (χ0n) is 11.8. The Morgan fingerprint density at radius 1 is 1.45 bits per heavy atom. The first-order chi connectivity index (χ1) is 9.60. The van der Waals surface area contributed by atoms with E-state index in [0.29, 0.717) is 0 Å². The third-order valence-electron chi connectivity index (χ3n) is 3.87. The lowest BCUT2D eigenvalue weighted by Gasteiger charge is -2.31. The predicted molar refractivity (Wildman–Crippen MR) is 84.4 cm³/mol. The normalized spacial score (nSPS) is 19.6. The molecule has 1 aromatic carbocycles. The van der Waals surface area contributed by atoms with E-state index in [1.165, 1.54) is 0 Å². The van der Waals surface area contributed by atoms with E-state index < -0.39 is 0 Å². The Hall–Kier alpha value is -1.27. The van der Waals surface area contributed by atoms with Crippen molar-refractivity contribution in [1.82, 2.24) is 9.55 Å². The van der Waals surface area contributed by atoms with E-state index in [0.717, 1.165) is 53.1 Å². The van der Waals surface area contributed by atoms with Gasteiger partial charge in [-0.25, -0.2) is 4.98 Å². The fraction of sp³-hybridized carbons (Fsp3) is 0.500. The summed E-state index contributed by atoms with van der Waals surface area (Å²) >= 11 is 3.51. The number of aromatic nitrogens is 2. The third kappa shape index (κ3) is 2.27. The van der Waals surface area contributed by atoms with E-state index in [1.807, 2.05) is 19.2 Å². The second-order valence-electron chi connectivity index (χ2n) is 5.29. The van der Waals surface area contributed by atoms with Crippen LogP contribution in [0.4, 0.5) is 5.95 Å². The van der Waals surface area contributed by atoms with Gasteiger partial charge in [0.15, 0.2) is 0 Å². The molecule has 3 rings (SSSR count). The van der Waals surface area contributed by atoms with Crippen LogP contribution in [-0.4, -0.2) is 35.8 Å². The topological polar surface area (TPSA) is 56.3 Å². The molecule has 1 fully saturated rings. The average Bonchev–Trinajstić information content (AvgIpc) is 2.74. The molecule has 6 heteroatoms. The molecule has 1 atom stereocenters. The van der Waals surface area contributed by atoms with Crippen LogP contribution in [0.1, 0.15) is 12.8 Å². The lowest BCUT2D eigenvalue weighted by molar-refractivity contribution is 0.412. The number of halogens is 1. The van der Waals surface area contributed by atoms with Crippen molar-refractivity contribution in [2.75, 3.05) is 25.1 Å². The van der Waals surface area contributed by atoms with Crippen LogP contribution in [0.5, 0.6) is 5.75 Å². The number of nitrogens with two attached hydrogens (primary N) is 1. The second-order valence-corrected chi connectivity index (χ2v) is 6.15. The number of nitrogens with zero attached hydrogens (tertiary/aromatic N) is 3. The van der Waals surface area contributed by atoms with E-state index in [2.05, 4.69) is 25.4 Å². The number of anilines is 1. The highest BCUT2D eigenvalue weighted by molar-refractivity contribution is 9.10. The summed E-state index contributed by atoms with van der Waals surface area (Å²) in [7, 11) is 3.71. The maximum atomic E-state index is 6.07. The lowest BCUT2D eigenvalue weighted by atomic mass is 10.1. The molecular formula is C14H19BrN4O. The van der Waals surface area contributed by atoms with Crippen molar-refractivity contribution in [3.05, 3.63) is 16.6 Å². The predicted octanol–water partition coefficient (Wildman–Crippen LogP) is 2.27. The van der Waals surface area contributed by atoms with Crippen LogP contribution in [0.15, 0.2) is 16.6 Å². The van der Waals surface area contributed by atoms with Crippen LogP contribution < -0.4 is 15.4 Å². The van der Waals surface area contributed by atoms with E-state index in [-0.39, 0.29) is 6.04 Å². The summed E-state index contributed by atoms with van der Waals surface area (Å²) in [6.45, 7) is 1.89. The van der Waals surface area contributed by atoms with E-state index in [4.69, 9.17) is 15.5 Å². The van der Waals surface area contributed by atoms with Gasteiger partial charge in [-0.1, -0.05) is 0 Å². The Labute approximate surface area is 126 Å². The molecule has 0 bridgehead atoms. The number of aryl methyl sites for hydroxylation is 1. The molecule has 2 heterocycles. The quantitative estimate of drug-likeness (QED) is 0.912. The van der Waals surface area contributed by atoms with Crippen LogP contribution in [0.3, 0.4) is 0 Å². The first kappa shape index (κ1) is 13.7. The highest BCUT2D eigenvalue weighted by Gasteiger charge is 2.21. The van der Waals surface area contributed by atoms with E-state index in [1.54, 1.807) is 7.11 Å². The fourth-order valence-corrected chi connectivity index (χ4v) is 3.30. The molecule has 2 aromatic rings. The van der Waals surface area contributed by atoms with Crippen molar-refractivity contribution in [1.29, 1.82) is 0 Å². The number of piperidine rings is 1. The smallest absolute Gasteiger partial charge is 0.206 e. The second kappa shape index (κ2) is 5.26. The molecule has 0 spiro atoms. The van der Waals surface area contributed by atoms with Crippen molar-refractivity contribution < 1.29 is 4.74 Å². The third-order valence-corrected chi connectivity index (χ3v) is 4.49. The molecular weight excluding hydrogens is 320 g/mol. The van der Waals surface area contributed by atoms with Gasteiger partial charge in [0.05, 0.1) is 22.6 Å². The molecule has 1 aliphatic heterocycles. The Bertz CT molecular complexity index is 640. The molecule has 0 aliphatic carbocycles. The van der Waals surface area contributed by atoms with Gasteiger partial charge in [0.1, 0.15) is 5.75 Å². The molecule has 0 radical (unpaired) electrons. The number of ether oxygens (including phenoxy) is 1. The SMILES string of the molecule is COc1cc2c(cc1Br)nc(N1CCCC(N)C1)n2C. The summed E-state index contributed by atoms with van der Waals surface area (Å²) in [5.74, 6) is 1.80. The summed E-state index contributed by atoms with van der Waals surface area (Å²) in [6, 6.07) is 4.26. The number of hydrogen-bond donors (Lipinski definition) is 1. The van der Waals surface area contributed by atoms with Crippen LogP contribution in [0.25, 0.3) is 11.0 Å². The molecule has 20 heavy (non-hydrogen) atoms. The molecule has 1 aromatic heterocycles. The van der Waals surface area contributed by atoms with Crippen LogP contribution >= 0.6 is 15.9 Å². The maximum Gasteiger partial charge on any atom is 0.206 e. The van der Waals surface area contributed by atoms with Gasteiger partial charge in [-0.2, -0.15) is 0 Å². The summed E-state index contributed by atoms with van der Waals surface area (Å²) in [6.07, 6.45) is 2.22. The van der Waals surface area contributed by atoms with Gasteiger partial charge in [-0.05, 0) is 34.8 Å². The highest BCUT2D eigenvalue weighted by Crippen LogP contribution is 2.32. The lowest BCUT2D eigenvalue weighted by Crippen LogP contribution is -2.43. The number of methoxy groups -OCH3 is 1. The Morgan fingerprint density at radius 3 is 2.95 bits per heavy atom. The minimum atomic E-state index is 0.241. The fourth-order valence-electron chi connectivity index (χ4n) is 2.81. The maximum absolute atomic E-state index is 6.07. The molecule has 0 saturated carbocycles. The summed E-state index contributed by atoms with van der Waals surface area (Å²) in [5.41, 5.74) is 8.11. The monoisotopic (exact) mass is 338 g/mol. The van der Waals surface area contributed by atoms with Gasteiger partial charge in [0.25, 0.3) is 0 Å². The van der Waals surface area contributed by atoms with Crippen LogP contribution in [0, 0.1) is 0 Å². The molecule has 5 nitrogen and oxygen atoms in total. The molecule has 2 N–H and O–H groups in total. The number of rotatable bonds is 2. The standard InChI is InChI=1S/C14H19BrN4O/c1-18-12-7-13(20-2)10(15)6-11(12)17-14(18)19-5-3-4-9(16)8-19/h6-7,9H,3-5,8,16H2,1-2H3. The van der Waals surface area contributed by atoms with Crippen molar-refractivity contribution in [3.8, 4) is 5.75 Å². The number of benzene rings is 1. The first-order valence-electron chi connectivity index (χ1n) is 6.80. The van der Waals surface area contributed by atoms with Crippen molar-refractivity contribution in [2.45, 2.75) is 18.9 Å². The summed E-state index contributed by atoms with van der Waals surface area (Å²) in [4.78, 5) is 7.03. The molecule has 0 amide bonds. The largest absolute Gasteiger partial charge is 0.495 e. The number of hydrogen-bond acceptors (Lipinski definition) is 4. The Morgan fingerprint density at radius 2 is 2.25 bits per heavy atom. The van der Waals surface area contributed by atoms with Gasteiger partial charge in [0.2, 0.25) is 5.95 Å². The minimum Gasteiger partial charge on any atom is -0.495 e. The van der Waals surface area contributed by atoms with Crippen molar-refractivity contribution >= 4 is 32.9 Å². The number of fused-ring (bicyclic) bond motifs is 1. The van der Waals surface area contributed by atoms with E-state index in [9.17, 15) is 0 Å². The van der Waals surface area contributed by atoms with Crippen molar-refractivity contribution in [3.63, 3.8) is 0 Å². The van der Waals surface area contributed by atoms with E-state index >= 15 is 0 Å². The minimum absolute atomic E-state index is 0.241. The summed E-state index contributed by atoms with van der Waals surface area (Å²) in [5, 5.41) is 0. The zero-order chi connectivity index (χ0) is 14.3. The highest BCUT2D eigenvalue weighted by atomic mass is 79.9. The molecule has 1 aliphatic rings. The van der Waals surface area contributed by atoms with Gasteiger partial charge in [-0.15, -0.1) is 0 Å². The van der Waals surface area contributed by atoms with Gasteiger partial charge >= 0.3 is 0 Å². The average molecular weight is 339 g/mol. The van der Waals surface area contributed by atoms with Crippen LogP contribution in [-0.2, 0) is 7.05 Å². The molecule has 1 saturated heterocycles. The zero-order valence-corrected chi connectivity index (χ0v) is 13.4. The van der Waals surface area contributed by atoms with Gasteiger partial charge in [0, 0.05) is 32.2 Å². The molecule has 108 valence electrons. The molecule has 1 unspecified atom stereocenters. The van der Waals surface area contributed by atoms with Crippen molar-refractivity contribution in [2.24, 2.45) is 12.8 Å².